The van der Waals surface area contributed by atoms with Crippen LogP contribution in [0, 0.1) is 0 Å². The van der Waals surface area contributed by atoms with Gasteiger partial charge in [0.25, 0.3) is 0 Å². The summed E-state index contributed by atoms with van der Waals surface area (Å²) in [6.45, 7) is 7.04. The highest BCUT2D eigenvalue weighted by Crippen LogP contribution is 2.39. The molecule has 2 aliphatic heterocycles. The van der Waals surface area contributed by atoms with Gasteiger partial charge in [-0.15, -0.1) is 0 Å². The molecule has 1 spiro atoms. The summed E-state index contributed by atoms with van der Waals surface area (Å²) in [5.41, 5.74) is 13.2. The van der Waals surface area contributed by atoms with Crippen molar-refractivity contribution in [2.75, 3.05) is 24.6 Å². The number of benzene rings is 1. The number of ether oxygens (including phenoxy) is 2. The highest BCUT2D eigenvalue weighted by molar-refractivity contribution is 6.05. The zero-order chi connectivity index (χ0) is 22.9. The molecule has 1 saturated heterocycles. The topological polar surface area (TPSA) is 119 Å². The number of aliphatic imine (C=N–C) groups is 2. The average Bonchev–Trinajstić information content (AvgIpc) is 2.73. The Hall–Kier alpha value is -2.81. The monoisotopic (exact) mass is 442 g/mol. The summed E-state index contributed by atoms with van der Waals surface area (Å²) in [6, 6.07) is 8.07. The highest BCUT2D eigenvalue weighted by Gasteiger charge is 2.42. The summed E-state index contributed by atoms with van der Waals surface area (Å²) >= 11 is 0. The molecular weight excluding hydrogens is 408 g/mol. The molecule has 1 amide bonds. The molecule has 1 atom stereocenters. The van der Waals surface area contributed by atoms with Crippen molar-refractivity contribution in [2.45, 2.75) is 70.2 Å². The number of anilines is 1. The van der Waals surface area contributed by atoms with Gasteiger partial charge >= 0.3 is 6.09 Å². The van der Waals surface area contributed by atoms with Gasteiger partial charge in [-0.1, -0.05) is 18.6 Å². The highest BCUT2D eigenvalue weighted by atomic mass is 16.6. The summed E-state index contributed by atoms with van der Waals surface area (Å²) in [4.78, 5) is 25.1. The second-order valence-electron chi connectivity index (χ2n) is 9.70. The standard InChI is InChI=1S/C23H34N6O3/c1-22(2,3)32-21(30)28-13-14-31-18(15-28)16-7-9-17(10-8-16)29-20(25)26-19(24)27-23(29)11-5-4-6-12-23/h7-10,18H,4-6,11-15H2,1-3H3,(H4,24,25,26,27). The number of carbonyl (C=O) groups is 1. The average molecular weight is 443 g/mol. The van der Waals surface area contributed by atoms with E-state index in [1.807, 2.05) is 49.9 Å². The smallest absolute Gasteiger partial charge is 0.410 e. The van der Waals surface area contributed by atoms with Gasteiger partial charge in [0.2, 0.25) is 11.9 Å². The quantitative estimate of drug-likeness (QED) is 0.726. The summed E-state index contributed by atoms with van der Waals surface area (Å²) < 4.78 is 11.5. The van der Waals surface area contributed by atoms with E-state index in [9.17, 15) is 4.79 Å². The maximum absolute atomic E-state index is 12.5. The van der Waals surface area contributed by atoms with E-state index in [4.69, 9.17) is 25.9 Å². The van der Waals surface area contributed by atoms with E-state index < -0.39 is 11.3 Å². The van der Waals surface area contributed by atoms with Gasteiger partial charge in [-0.25, -0.2) is 9.79 Å². The first-order chi connectivity index (χ1) is 15.2. The van der Waals surface area contributed by atoms with Crippen molar-refractivity contribution < 1.29 is 14.3 Å². The molecule has 1 saturated carbocycles. The molecule has 4 N–H and O–H groups in total. The Kier molecular flexibility index (Phi) is 6.03. The van der Waals surface area contributed by atoms with Crippen LogP contribution in [-0.4, -0.2) is 53.9 Å². The van der Waals surface area contributed by atoms with E-state index in [0.29, 0.717) is 25.7 Å². The Morgan fingerprint density at radius 2 is 1.84 bits per heavy atom. The molecule has 1 unspecified atom stereocenters. The third kappa shape index (κ3) is 4.67. The van der Waals surface area contributed by atoms with E-state index in [1.54, 1.807) is 4.90 Å². The lowest BCUT2D eigenvalue weighted by atomic mass is 9.87. The largest absolute Gasteiger partial charge is 0.444 e. The van der Waals surface area contributed by atoms with E-state index in [-0.39, 0.29) is 18.2 Å². The Labute approximate surface area is 189 Å². The molecule has 2 heterocycles. The maximum Gasteiger partial charge on any atom is 0.410 e. The molecule has 32 heavy (non-hydrogen) atoms. The van der Waals surface area contributed by atoms with E-state index in [2.05, 4.69) is 4.99 Å². The Morgan fingerprint density at radius 1 is 1.16 bits per heavy atom. The van der Waals surface area contributed by atoms with Crippen molar-refractivity contribution in [3.63, 3.8) is 0 Å². The predicted octanol–water partition coefficient (Wildman–Crippen LogP) is 3.10. The van der Waals surface area contributed by atoms with Crippen molar-refractivity contribution in [1.29, 1.82) is 0 Å². The fraction of sp³-hybridized carbons (Fsp3) is 0.609. The lowest BCUT2D eigenvalue weighted by Gasteiger charge is -2.45. The first kappa shape index (κ1) is 22.4. The van der Waals surface area contributed by atoms with Crippen molar-refractivity contribution in [3.05, 3.63) is 29.8 Å². The number of morpholine rings is 1. The normalized spacial score (nSPS) is 23.5. The van der Waals surface area contributed by atoms with Crippen LogP contribution in [0.5, 0.6) is 0 Å². The maximum atomic E-state index is 12.5. The van der Waals surface area contributed by atoms with Crippen LogP contribution >= 0.6 is 0 Å². The molecule has 2 fully saturated rings. The lowest BCUT2D eigenvalue weighted by Crippen LogP contribution is -2.58. The molecule has 1 aromatic rings. The van der Waals surface area contributed by atoms with Crippen LogP contribution in [-0.2, 0) is 9.47 Å². The van der Waals surface area contributed by atoms with Crippen molar-refractivity contribution in [2.24, 2.45) is 21.5 Å². The van der Waals surface area contributed by atoms with Crippen LogP contribution < -0.4 is 16.4 Å². The number of rotatable bonds is 2. The van der Waals surface area contributed by atoms with E-state index >= 15 is 0 Å². The summed E-state index contributed by atoms with van der Waals surface area (Å²) in [5.74, 6) is 0.618. The summed E-state index contributed by atoms with van der Waals surface area (Å²) in [7, 11) is 0. The number of guanidine groups is 2. The second kappa shape index (κ2) is 8.61. The zero-order valence-electron chi connectivity index (χ0n) is 19.2. The summed E-state index contributed by atoms with van der Waals surface area (Å²) in [6.07, 6.45) is 4.60. The molecular formula is C23H34N6O3. The number of nitrogens with zero attached hydrogens (tertiary/aromatic N) is 4. The van der Waals surface area contributed by atoms with Crippen LogP contribution in [0.4, 0.5) is 10.5 Å². The molecule has 9 heteroatoms. The first-order valence-electron chi connectivity index (χ1n) is 11.4. The minimum Gasteiger partial charge on any atom is -0.444 e. The number of hydrogen-bond acceptors (Lipinski definition) is 8. The van der Waals surface area contributed by atoms with E-state index in [0.717, 1.165) is 36.9 Å². The number of amides is 1. The van der Waals surface area contributed by atoms with Crippen molar-refractivity contribution in [1.82, 2.24) is 4.90 Å². The molecule has 9 nitrogen and oxygen atoms in total. The Morgan fingerprint density at radius 3 is 2.50 bits per heavy atom. The number of carbonyl (C=O) groups excluding carboxylic acids is 1. The SMILES string of the molecule is CC(C)(C)OC(=O)N1CCOC(c2ccc(N3C(N)=NC(N)=NC34CCCCC4)cc2)C1. The van der Waals surface area contributed by atoms with Gasteiger partial charge < -0.3 is 25.8 Å². The fourth-order valence-electron chi connectivity index (χ4n) is 4.68. The van der Waals surface area contributed by atoms with Gasteiger partial charge in [0.05, 0.1) is 13.2 Å². The van der Waals surface area contributed by atoms with Gasteiger partial charge in [0.1, 0.15) is 17.4 Å². The minimum absolute atomic E-state index is 0.213. The van der Waals surface area contributed by atoms with Gasteiger partial charge in [0.15, 0.2) is 0 Å². The molecule has 1 aromatic carbocycles. The molecule has 4 rings (SSSR count). The molecule has 0 radical (unpaired) electrons. The van der Waals surface area contributed by atoms with Gasteiger partial charge in [-0.05, 0) is 64.2 Å². The van der Waals surface area contributed by atoms with E-state index in [1.165, 1.54) is 6.42 Å². The first-order valence-corrected chi connectivity index (χ1v) is 11.4. The second-order valence-corrected chi connectivity index (χ2v) is 9.70. The van der Waals surface area contributed by atoms with Crippen LogP contribution in [0.15, 0.2) is 34.3 Å². The van der Waals surface area contributed by atoms with Crippen LogP contribution in [0.2, 0.25) is 0 Å². The summed E-state index contributed by atoms with van der Waals surface area (Å²) in [5, 5.41) is 0. The van der Waals surface area contributed by atoms with Crippen molar-refractivity contribution >= 4 is 23.7 Å². The third-order valence-electron chi connectivity index (χ3n) is 6.09. The Balaban J connectivity index is 1.51. The Bertz CT molecular complexity index is 899. The van der Waals surface area contributed by atoms with Crippen molar-refractivity contribution in [3.8, 4) is 0 Å². The van der Waals surface area contributed by atoms with Crippen LogP contribution in [0.25, 0.3) is 0 Å². The van der Waals surface area contributed by atoms with Gasteiger partial charge in [-0.2, -0.15) is 4.99 Å². The van der Waals surface area contributed by atoms with Crippen LogP contribution in [0.3, 0.4) is 0 Å². The molecule has 0 bridgehead atoms. The lowest BCUT2D eigenvalue weighted by molar-refractivity contribution is -0.0432. The van der Waals surface area contributed by atoms with Crippen LogP contribution in [0.1, 0.15) is 64.5 Å². The van der Waals surface area contributed by atoms with Gasteiger partial charge in [0, 0.05) is 12.2 Å². The fourth-order valence-corrected chi connectivity index (χ4v) is 4.68. The molecule has 1 aliphatic carbocycles. The third-order valence-corrected chi connectivity index (χ3v) is 6.09. The minimum atomic E-state index is -0.524. The molecule has 3 aliphatic rings. The zero-order valence-corrected chi connectivity index (χ0v) is 19.2. The van der Waals surface area contributed by atoms with Gasteiger partial charge in [-0.3, -0.25) is 4.90 Å². The predicted molar refractivity (Wildman–Crippen MR) is 124 cm³/mol. The number of hydrogen-bond donors (Lipinski definition) is 2. The number of nitrogens with two attached hydrogens (primary N) is 2. The molecule has 0 aromatic heterocycles. The molecule has 174 valence electrons.